The maximum absolute atomic E-state index is 11.5. The van der Waals surface area contributed by atoms with Crippen LogP contribution in [-0.2, 0) is 0 Å². The number of aliphatic hydroxyl groups is 1. The molecular formula is C13H16O3. The van der Waals surface area contributed by atoms with Crippen molar-refractivity contribution in [2.45, 2.75) is 19.8 Å². The van der Waals surface area contributed by atoms with Gasteiger partial charge in [0.05, 0.1) is 5.56 Å². The van der Waals surface area contributed by atoms with Crippen LogP contribution in [0.3, 0.4) is 0 Å². The van der Waals surface area contributed by atoms with Crippen LogP contribution in [-0.4, -0.2) is 22.6 Å². The molecule has 0 radical (unpaired) electrons. The van der Waals surface area contributed by atoms with E-state index in [1.165, 1.54) is 6.07 Å². The third-order valence-electron chi connectivity index (χ3n) is 2.25. The molecule has 1 rings (SSSR count). The Morgan fingerprint density at radius 1 is 1.44 bits per heavy atom. The monoisotopic (exact) mass is 220 g/mol. The predicted octanol–water partition coefficient (Wildman–Crippen LogP) is 2.38. The maximum atomic E-state index is 11.5. The van der Waals surface area contributed by atoms with Gasteiger partial charge in [-0.15, -0.1) is 0 Å². The molecule has 0 saturated heterocycles. The Labute approximate surface area is 95.0 Å². The minimum atomic E-state index is -0.0742. The fourth-order valence-corrected chi connectivity index (χ4v) is 1.37. The van der Waals surface area contributed by atoms with Crippen molar-refractivity contribution in [3.63, 3.8) is 0 Å². The third-order valence-corrected chi connectivity index (χ3v) is 2.25. The zero-order valence-electron chi connectivity index (χ0n) is 9.31. The van der Waals surface area contributed by atoms with Gasteiger partial charge in [0.15, 0.2) is 5.78 Å². The predicted molar refractivity (Wildman–Crippen MR) is 63.5 cm³/mol. The van der Waals surface area contributed by atoms with Gasteiger partial charge in [-0.2, -0.15) is 0 Å². The van der Waals surface area contributed by atoms with Crippen molar-refractivity contribution < 1.29 is 15.0 Å². The summed E-state index contributed by atoms with van der Waals surface area (Å²) in [4.78, 5) is 11.5. The number of carbonyl (C=O) groups is 1. The van der Waals surface area contributed by atoms with Crippen molar-refractivity contribution in [3.8, 4) is 5.75 Å². The molecule has 0 unspecified atom stereocenters. The standard InChI is InChI=1S/C13H16O3/c1-2-12(15)11-9-10(5-3-4-8-14)6-7-13(11)16/h3,5-7,9,14,16H,2,4,8H2,1H3. The Kier molecular flexibility index (Phi) is 4.73. The molecule has 0 aliphatic heterocycles. The molecule has 0 saturated carbocycles. The summed E-state index contributed by atoms with van der Waals surface area (Å²) in [5, 5.41) is 18.1. The van der Waals surface area contributed by atoms with Crippen LogP contribution in [0.1, 0.15) is 35.7 Å². The van der Waals surface area contributed by atoms with Gasteiger partial charge in [-0.05, 0) is 24.1 Å². The number of hydrogen-bond acceptors (Lipinski definition) is 3. The summed E-state index contributed by atoms with van der Waals surface area (Å²) in [6.45, 7) is 1.87. The minimum absolute atomic E-state index is 0.0196. The first-order valence-corrected chi connectivity index (χ1v) is 5.32. The van der Waals surface area contributed by atoms with E-state index < -0.39 is 0 Å². The minimum Gasteiger partial charge on any atom is -0.507 e. The van der Waals surface area contributed by atoms with Crippen molar-refractivity contribution in [3.05, 3.63) is 35.4 Å². The number of carbonyl (C=O) groups excluding carboxylic acids is 1. The molecule has 0 amide bonds. The highest BCUT2D eigenvalue weighted by Crippen LogP contribution is 2.20. The normalized spacial score (nSPS) is 10.9. The van der Waals surface area contributed by atoms with Crippen molar-refractivity contribution >= 4 is 11.9 Å². The van der Waals surface area contributed by atoms with Crippen molar-refractivity contribution in [2.24, 2.45) is 0 Å². The number of phenols is 1. The van der Waals surface area contributed by atoms with E-state index >= 15 is 0 Å². The molecule has 0 bridgehead atoms. The molecule has 1 aromatic carbocycles. The highest BCUT2D eigenvalue weighted by Gasteiger charge is 2.08. The first kappa shape index (κ1) is 12.5. The quantitative estimate of drug-likeness (QED) is 0.749. The van der Waals surface area contributed by atoms with Crippen LogP contribution in [0.25, 0.3) is 6.08 Å². The Balaban J connectivity index is 2.93. The van der Waals surface area contributed by atoms with Gasteiger partial charge in [0.2, 0.25) is 0 Å². The van der Waals surface area contributed by atoms with Crippen molar-refractivity contribution in [2.75, 3.05) is 6.61 Å². The van der Waals surface area contributed by atoms with Gasteiger partial charge in [0.25, 0.3) is 0 Å². The van der Waals surface area contributed by atoms with Gasteiger partial charge < -0.3 is 10.2 Å². The van der Waals surface area contributed by atoms with Gasteiger partial charge in [-0.25, -0.2) is 0 Å². The molecule has 0 aliphatic carbocycles. The van der Waals surface area contributed by atoms with Crippen LogP contribution in [0.4, 0.5) is 0 Å². The van der Waals surface area contributed by atoms with Crippen LogP contribution < -0.4 is 0 Å². The first-order chi connectivity index (χ1) is 7.69. The third kappa shape index (κ3) is 3.21. The number of benzene rings is 1. The van der Waals surface area contributed by atoms with Crippen LogP contribution in [0.15, 0.2) is 24.3 Å². The smallest absolute Gasteiger partial charge is 0.166 e. The molecule has 0 spiro atoms. The fraction of sp³-hybridized carbons (Fsp3) is 0.308. The van der Waals surface area contributed by atoms with Crippen LogP contribution in [0.2, 0.25) is 0 Å². The Morgan fingerprint density at radius 3 is 2.81 bits per heavy atom. The van der Waals surface area contributed by atoms with E-state index in [-0.39, 0.29) is 18.1 Å². The zero-order chi connectivity index (χ0) is 12.0. The van der Waals surface area contributed by atoms with E-state index in [1.807, 2.05) is 12.2 Å². The van der Waals surface area contributed by atoms with E-state index in [0.29, 0.717) is 18.4 Å². The highest BCUT2D eigenvalue weighted by atomic mass is 16.3. The second-order valence-corrected chi connectivity index (χ2v) is 3.47. The topological polar surface area (TPSA) is 57.5 Å². The summed E-state index contributed by atoms with van der Waals surface area (Å²) in [6, 6.07) is 4.91. The number of aliphatic hydroxyl groups excluding tert-OH is 1. The Hall–Kier alpha value is -1.61. The number of hydrogen-bond donors (Lipinski definition) is 2. The first-order valence-electron chi connectivity index (χ1n) is 5.32. The molecule has 16 heavy (non-hydrogen) atoms. The lowest BCUT2D eigenvalue weighted by Crippen LogP contribution is -1.97. The van der Waals surface area contributed by atoms with Gasteiger partial charge in [0.1, 0.15) is 5.75 Å². The number of aromatic hydroxyl groups is 1. The van der Waals surface area contributed by atoms with Crippen molar-refractivity contribution in [1.82, 2.24) is 0 Å². The van der Waals surface area contributed by atoms with E-state index in [1.54, 1.807) is 19.1 Å². The van der Waals surface area contributed by atoms with E-state index in [2.05, 4.69) is 0 Å². The molecule has 86 valence electrons. The summed E-state index contributed by atoms with van der Waals surface area (Å²) in [6.07, 6.45) is 4.60. The number of ketones is 1. The molecular weight excluding hydrogens is 204 g/mol. The van der Waals surface area contributed by atoms with Crippen LogP contribution in [0.5, 0.6) is 5.75 Å². The van der Waals surface area contributed by atoms with Gasteiger partial charge in [-0.1, -0.05) is 25.1 Å². The molecule has 2 N–H and O–H groups in total. The summed E-state index contributed by atoms with van der Waals surface area (Å²) < 4.78 is 0. The lowest BCUT2D eigenvalue weighted by molar-refractivity contribution is 0.0985. The highest BCUT2D eigenvalue weighted by molar-refractivity contribution is 5.98. The van der Waals surface area contributed by atoms with Gasteiger partial charge >= 0.3 is 0 Å². The second kappa shape index (κ2) is 6.08. The lowest BCUT2D eigenvalue weighted by atomic mass is 10.0. The lowest BCUT2D eigenvalue weighted by Gasteiger charge is -2.03. The number of Topliss-reactive ketones (excluding diaryl/α,β-unsaturated/α-hetero) is 1. The summed E-state index contributed by atoms with van der Waals surface area (Å²) >= 11 is 0. The molecule has 0 fully saturated rings. The maximum Gasteiger partial charge on any atom is 0.166 e. The SMILES string of the molecule is CCC(=O)c1cc(C=CCCO)ccc1O. The van der Waals surface area contributed by atoms with Gasteiger partial charge in [0, 0.05) is 13.0 Å². The van der Waals surface area contributed by atoms with Crippen LogP contribution in [0, 0.1) is 0 Å². The summed E-state index contributed by atoms with van der Waals surface area (Å²) in [5.74, 6) is -0.0546. The van der Waals surface area contributed by atoms with E-state index in [4.69, 9.17) is 5.11 Å². The molecule has 0 aromatic heterocycles. The molecule has 0 atom stereocenters. The summed E-state index contributed by atoms with van der Waals surface area (Å²) in [5.41, 5.74) is 1.21. The largest absolute Gasteiger partial charge is 0.507 e. The van der Waals surface area contributed by atoms with E-state index in [0.717, 1.165) is 5.56 Å². The Morgan fingerprint density at radius 2 is 2.19 bits per heavy atom. The zero-order valence-corrected chi connectivity index (χ0v) is 9.31. The van der Waals surface area contributed by atoms with Crippen molar-refractivity contribution in [1.29, 1.82) is 0 Å². The molecule has 0 aliphatic rings. The molecule has 1 aromatic rings. The average molecular weight is 220 g/mol. The average Bonchev–Trinajstić information content (AvgIpc) is 2.30. The molecule has 3 nitrogen and oxygen atoms in total. The molecule has 3 heteroatoms. The molecule has 0 heterocycles. The van der Waals surface area contributed by atoms with E-state index in [9.17, 15) is 9.90 Å². The second-order valence-electron chi connectivity index (χ2n) is 3.47. The number of phenolic OH excluding ortho intramolecular Hbond substituents is 1. The number of rotatable bonds is 5. The summed E-state index contributed by atoms with van der Waals surface area (Å²) in [7, 11) is 0. The fourth-order valence-electron chi connectivity index (χ4n) is 1.37. The van der Waals surface area contributed by atoms with Crippen LogP contribution >= 0.6 is 0 Å². The van der Waals surface area contributed by atoms with Gasteiger partial charge in [-0.3, -0.25) is 4.79 Å². The Bertz CT molecular complexity index is 394.